The number of benzene rings is 1. The zero-order valence-corrected chi connectivity index (χ0v) is 15.3. The Morgan fingerprint density at radius 3 is 2.56 bits per heavy atom. The van der Waals surface area contributed by atoms with Crippen LogP contribution in [0, 0.1) is 0 Å². The fourth-order valence-corrected chi connectivity index (χ4v) is 3.26. The monoisotopic (exact) mass is 362 g/mol. The molecule has 2 saturated carbocycles. The number of carbonyl (C=O) groups excluding carboxylic acids is 1. The number of hydrogen-bond acceptors (Lipinski definition) is 4. The molecule has 2 aliphatic carbocycles. The zero-order valence-electron chi connectivity index (χ0n) is 15.3. The first-order valence-electron chi connectivity index (χ1n) is 9.52. The van der Waals surface area contributed by atoms with Gasteiger partial charge in [0.05, 0.1) is 17.9 Å². The minimum atomic E-state index is -0.144. The van der Waals surface area contributed by atoms with E-state index in [1.807, 2.05) is 43.4 Å². The van der Waals surface area contributed by atoms with Crippen molar-refractivity contribution in [2.75, 3.05) is 0 Å². The van der Waals surface area contributed by atoms with Gasteiger partial charge in [-0.1, -0.05) is 18.2 Å². The van der Waals surface area contributed by atoms with E-state index in [4.69, 9.17) is 5.10 Å². The van der Waals surface area contributed by atoms with E-state index in [1.54, 1.807) is 9.36 Å². The van der Waals surface area contributed by atoms with Gasteiger partial charge in [-0.3, -0.25) is 9.48 Å². The normalized spacial score (nSPS) is 16.5. The average Bonchev–Trinajstić information content (AvgIpc) is 3.62. The quantitative estimate of drug-likeness (QED) is 0.731. The number of nitrogens with zero attached hydrogens (tertiary/aromatic N) is 5. The highest BCUT2D eigenvalue weighted by Crippen LogP contribution is 2.40. The molecule has 3 aromatic rings. The Labute approximate surface area is 157 Å². The van der Waals surface area contributed by atoms with Crippen LogP contribution in [0.5, 0.6) is 0 Å². The minimum Gasteiger partial charge on any atom is -0.343 e. The lowest BCUT2D eigenvalue weighted by molar-refractivity contribution is 0.0941. The second-order valence-electron chi connectivity index (χ2n) is 7.44. The molecule has 0 unspecified atom stereocenters. The van der Waals surface area contributed by atoms with Crippen molar-refractivity contribution in [1.82, 2.24) is 29.9 Å². The van der Waals surface area contributed by atoms with Crippen molar-refractivity contribution in [3.05, 3.63) is 59.4 Å². The summed E-state index contributed by atoms with van der Waals surface area (Å²) in [5.74, 6) is 2.52. The summed E-state index contributed by atoms with van der Waals surface area (Å²) in [4.78, 5) is 17.5. The van der Waals surface area contributed by atoms with Crippen LogP contribution in [0.15, 0.2) is 36.4 Å². The van der Waals surface area contributed by atoms with Crippen LogP contribution in [-0.2, 0) is 13.6 Å². The molecule has 2 aliphatic rings. The molecule has 27 heavy (non-hydrogen) atoms. The first kappa shape index (κ1) is 16.2. The second kappa shape index (κ2) is 6.33. The van der Waals surface area contributed by atoms with E-state index in [0.29, 0.717) is 24.1 Å². The molecule has 2 fully saturated rings. The summed E-state index contributed by atoms with van der Waals surface area (Å²) in [6.45, 7) is 0.355. The van der Waals surface area contributed by atoms with E-state index in [-0.39, 0.29) is 5.91 Å². The van der Waals surface area contributed by atoms with Crippen LogP contribution in [0.4, 0.5) is 0 Å². The number of amides is 1. The molecule has 5 rings (SSSR count). The molecular weight excluding hydrogens is 340 g/mol. The Hall–Kier alpha value is -2.96. The van der Waals surface area contributed by atoms with Crippen LogP contribution in [0.25, 0.3) is 5.69 Å². The maximum absolute atomic E-state index is 12.9. The number of carbonyl (C=O) groups is 1. The van der Waals surface area contributed by atoms with Gasteiger partial charge >= 0.3 is 0 Å². The number of para-hydroxylation sites is 1. The van der Waals surface area contributed by atoms with Crippen molar-refractivity contribution in [3.63, 3.8) is 0 Å². The molecule has 0 saturated heterocycles. The Morgan fingerprint density at radius 2 is 1.85 bits per heavy atom. The first-order valence-corrected chi connectivity index (χ1v) is 9.52. The van der Waals surface area contributed by atoms with E-state index in [0.717, 1.165) is 48.7 Å². The second-order valence-corrected chi connectivity index (χ2v) is 7.44. The van der Waals surface area contributed by atoms with Gasteiger partial charge in [-0.15, -0.1) is 0 Å². The van der Waals surface area contributed by atoms with Crippen LogP contribution in [0.1, 0.15) is 65.4 Å². The van der Waals surface area contributed by atoms with Crippen molar-refractivity contribution < 1.29 is 4.79 Å². The first-order chi connectivity index (χ1) is 13.2. The summed E-state index contributed by atoms with van der Waals surface area (Å²) in [5.41, 5.74) is 2.45. The molecule has 0 radical (unpaired) electrons. The average molecular weight is 362 g/mol. The Balaban J connectivity index is 1.38. The highest BCUT2D eigenvalue weighted by atomic mass is 16.2. The Bertz CT molecular complexity index is 981. The van der Waals surface area contributed by atoms with Gasteiger partial charge in [0.2, 0.25) is 0 Å². The highest BCUT2D eigenvalue weighted by molar-refractivity contribution is 5.93. The van der Waals surface area contributed by atoms with Crippen LogP contribution in [0.2, 0.25) is 0 Å². The molecule has 1 amide bonds. The zero-order chi connectivity index (χ0) is 18.4. The lowest BCUT2D eigenvalue weighted by Crippen LogP contribution is -2.26. The molecular formula is C20H22N6O. The van der Waals surface area contributed by atoms with Gasteiger partial charge in [0, 0.05) is 18.9 Å². The largest absolute Gasteiger partial charge is 0.343 e. The van der Waals surface area contributed by atoms with Gasteiger partial charge in [-0.05, 0) is 43.9 Å². The maximum Gasteiger partial charge on any atom is 0.270 e. The molecule has 7 heteroatoms. The fraction of sp³-hybridized carbons (Fsp3) is 0.400. The molecule has 1 aromatic carbocycles. The molecule has 7 nitrogen and oxygen atoms in total. The Kier molecular flexibility index (Phi) is 3.81. The van der Waals surface area contributed by atoms with Gasteiger partial charge in [-0.25, -0.2) is 9.67 Å². The minimum absolute atomic E-state index is 0.144. The number of aromatic nitrogens is 5. The molecule has 2 aromatic heterocycles. The van der Waals surface area contributed by atoms with Crippen molar-refractivity contribution in [3.8, 4) is 5.69 Å². The SMILES string of the molecule is Cn1nc(C2CC2)nc1CNC(=O)c1cc(C2CC2)nn1-c1ccccc1. The van der Waals surface area contributed by atoms with Crippen molar-refractivity contribution in [2.24, 2.45) is 7.05 Å². The van der Waals surface area contributed by atoms with Crippen molar-refractivity contribution in [1.29, 1.82) is 0 Å². The third-order valence-electron chi connectivity index (χ3n) is 5.18. The highest BCUT2D eigenvalue weighted by Gasteiger charge is 2.30. The van der Waals surface area contributed by atoms with E-state index < -0.39 is 0 Å². The predicted octanol–water partition coefficient (Wildman–Crippen LogP) is 2.69. The fourth-order valence-electron chi connectivity index (χ4n) is 3.26. The molecule has 138 valence electrons. The van der Waals surface area contributed by atoms with Crippen molar-refractivity contribution in [2.45, 2.75) is 44.1 Å². The number of nitrogens with one attached hydrogen (secondary N) is 1. The third kappa shape index (κ3) is 3.25. The topological polar surface area (TPSA) is 77.6 Å². The third-order valence-corrected chi connectivity index (χ3v) is 5.18. The lowest BCUT2D eigenvalue weighted by Gasteiger charge is -2.08. The van der Waals surface area contributed by atoms with E-state index in [2.05, 4.69) is 15.4 Å². The molecule has 0 atom stereocenters. The smallest absolute Gasteiger partial charge is 0.270 e. The molecule has 0 bridgehead atoms. The standard InChI is InChI=1S/C20H22N6O/c1-25-18(22-19(24-25)14-9-10-14)12-21-20(27)17-11-16(13-7-8-13)23-26(17)15-5-3-2-4-6-15/h2-6,11,13-14H,7-10,12H2,1H3,(H,21,27). The number of aryl methyl sites for hydroxylation is 1. The summed E-state index contributed by atoms with van der Waals surface area (Å²) in [6.07, 6.45) is 4.62. The van der Waals surface area contributed by atoms with E-state index in [9.17, 15) is 4.79 Å². The summed E-state index contributed by atoms with van der Waals surface area (Å²) in [5, 5.41) is 12.1. The summed E-state index contributed by atoms with van der Waals surface area (Å²) >= 11 is 0. The molecule has 1 N–H and O–H groups in total. The van der Waals surface area contributed by atoms with Crippen LogP contribution < -0.4 is 5.32 Å². The Morgan fingerprint density at radius 1 is 1.11 bits per heavy atom. The molecule has 0 spiro atoms. The number of hydrogen-bond donors (Lipinski definition) is 1. The summed E-state index contributed by atoms with van der Waals surface area (Å²) in [6, 6.07) is 11.7. The van der Waals surface area contributed by atoms with Crippen LogP contribution >= 0.6 is 0 Å². The van der Waals surface area contributed by atoms with Gasteiger partial charge in [0.15, 0.2) is 5.82 Å². The number of rotatable bonds is 6. The van der Waals surface area contributed by atoms with Crippen LogP contribution in [0.3, 0.4) is 0 Å². The maximum atomic E-state index is 12.9. The summed E-state index contributed by atoms with van der Waals surface area (Å²) < 4.78 is 3.51. The van der Waals surface area contributed by atoms with Gasteiger partial charge in [0.25, 0.3) is 5.91 Å². The molecule has 2 heterocycles. The van der Waals surface area contributed by atoms with Crippen molar-refractivity contribution >= 4 is 5.91 Å². The predicted molar refractivity (Wildman–Crippen MR) is 99.7 cm³/mol. The van der Waals surface area contributed by atoms with Crippen LogP contribution in [-0.4, -0.2) is 30.5 Å². The summed E-state index contributed by atoms with van der Waals surface area (Å²) in [7, 11) is 1.87. The van der Waals surface area contributed by atoms with Gasteiger partial charge in [0.1, 0.15) is 11.5 Å². The van der Waals surface area contributed by atoms with E-state index in [1.165, 1.54) is 0 Å². The van der Waals surface area contributed by atoms with Gasteiger partial charge in [-0.2, -0.15) is 10.2 Å². The van der Waals surface area contributed by atoms with Gasteiger partial charge < -0.3 is 5.32 Å². The lowest BCUT2D eigenvalue weighted by atomic mass is 10.2. The molecule has 0 aliphatic heterocycles. The van der Waals surface area contributed by atoms with E-state index >= 15 is 0 Å².